The topological polar surface area (TPSA) is 72.2 Å². The molecule has 0 spiro atoms. The summed E-state index contributed by atoms with van der Waals surface area (Å²) in [7, 11) is 0. The average Bonchev–Trinajstić information content (AvgIpc) is 2.49. The second kappa shape index (κ2) is 7.24. The number of primary amides is 1. The summed E-state index contributed by atoms with van der Waals surface area (Å²) in [6.07, 6.45) is 1.22. The molecule has 0 aromatic heterocycles. The Morgan fingerprint density at radius 2 is 1.70 bits per heavy atom. The predicted octanol–water partition coefficient (Wildman–Crippen LogP) is 3.57. The number of halogens is 1. The zero-order valence-corrected chi connectivity index (χ0v) is 14.5. The number of aryl methyl sites for hydroxylation is 2. The van der Waals surface area contributed by atoms with E-state index in [0.29, 0.717) is 11.3 Å². The monoisotopic (exact) mass is 372 g/mol. The number of benzene rings is 2. The van der Waals surface area contributed by atoms with Crippen LogP contribution in [0.15, 0.2) is 53.0 Å². The molecule has 0 fully saturated rings. The lowest BCUT2D eigenvalue weighted by Crippen LogP contribution is -2.17. The number of nitrogens with two attached hydrogens (primary N) is 1. The van der Waals surface area contributed by atoms with Crippen molar-refractivity contribution in [1.29, 1.82) is 0 Å². The summed E-state index contributed by atoms with van der Waals surface area (Å²) in [4.78, 5) is 23.8. The van der Waals surface area contributed by atoms with Crippen molar-refractivity contribution in [2.75, 3.05) is 5.32 Å². The number of hydrogen-bond donors (Lipinski definition) is 2. The van der Waals surface area contributed by atoms with Crippen LogP contribution >= 0.6 is 15.9 Å². The molecule has 0 heterocycles. The van der Waals surface area contributed by atoms with E-state index in [4.69, 9.17) is 5.73 Å². The van der Waals surface area contributed by atoms with Crippen LogP contribution in [0.3, 0.4) is 0 Å². The van der Waals surface area contributed by atoms with Gasteiger partial charge >= 0.3 is 0 Å². The molecule has 0 aliphatic heterocycles. The lowest BCUT2D eigenvalue weighted by atomic mass is 10.0. The zero-order valence-electron chi connectivity index (χ0n) is 12.9. The summed E-state index contributed by atoms with van der Waals surface area (Å²) in [5, 5.41) is 2.74. The number of carbonyl (C=O) groups is 2. The van der Waals surface area contributed by atoms with Gasteiger partial charge in [-0.15, -0.1) is 0 Å². The molecule has 5 heteroatoms. The number of anilines is 1. The van der Waals surface area contributed by atoms with E-state index in [1.54, 1.807) is 24.3 Å². The van der Waals surface area contributed by atoms with Crippen LogP contribution in [0.2, 0.25) is 0 Å². The third kappa shape index (κ3) is 4.53. The van der Waals surface area contributed by atoms with Crippen LogP contribution in [0.4, 0.5) is 5.69 Å². The quantitative estimate of drug-likeness (QED) is 0.805. The Balaban J connectivity index is 2.24. The van der Waals surface area contributed by atoms with Gasteiger partial charge in [-0.1, -0.05) is 34.1 Å². The molecule has 2 aromatic carbocycles. The van der Waals surface area contributed by atoms with Gasteiger partial charge in [-0.2, -0.15) is 0 Å². The summed E-state index contributed by atoms with van der Waals surface area (Å²) in [6, 6.07) is 12.6. The highest BCUT2D eigenvalue weighted by atomic mass is 79.9. The van der Waals surface area contributed by atoms with Gasteiger partial charge in [-0.25, -0.2) is 0 Å². The molecule has 23 heavy (non-hydrogen) atoms. The van der Waals surface area contributed by atoms with Crippen LogP contribution in [0, 0.1) is 13.8 Å². The largest absolute Gasteiger partial charge is 0.366 e. The molecule has 118 valence electrons. The highest BCUT2D eigenvalue weighted by Gasteiger charge is 2.11. The molecular formula is C18H17BrN2O2. The molecule has 2 aromatic rings. The van der Waals surface area contributed by atoms with Crippen LogP contribution in [0.5, 0.6) is 0 Å². The first-order chi connectivity index (χ1) is 10.9. The molecule has 0 aliphatic rings. The Morgan fingerprint density at radius 1 is 1.04 bits per heavy atom. The SMILES string of the molecule is Cc1ccc(NC(=O)/C=C(\C(N)=O)c2ccc(Br)cc2)cc1C. The molecule has 0 atom stereocenters. The van der Waals surface area contributed by atoms with Crippen LogP contribution in [0.25, 0.3) is 5.57 Å². The molecule has 3 N–H and O–H groups in total. The van der Waals surface area contributed by atoms with Crippen LogP contribution in [-0.2, 0) is 9.59 Å². The molecule has 0 unspecified atom stereocenters. The second-order valence-corrected chi connectivity index (χ2v) is 6.13. The Kier molecular flexibility index (Phi) is 5.34. The molecule has 2 amide bonds. The van der Waals surface area contributed by atoms with E-state index in [1.165, 1.54) is 6.08 Å². The maximum Gasteiger partial charge on any atom is 0.249 e. The van der Waals surface area contributed by atoms with Gasteiger partial charge in [-0.3, -0.25) is 9.59 Å². The molecule has 0 radical (unpaired) electrons. The summed E-state index contributed by atoms with van der Waals surface area (Å²) < 4.78 is 0.879. The average molecular weight is 373 g/mol. The fraction of sp³-hybridized carbons (Fsp3) is 0.111. The maximum atomic E-state index is 12.2. The first kappa shape index (κ1) is 17.0. The zero-order chi connectivity index (χ0) is 17.0. The molecule has 4 nitrogen and oxygen atoms in total. The van der Waals surface area contributed by atoms with E-state index >= 15 is 0 Å². The summed E-state index contributed by atoms with van der Waals surface area (Å²) in [6.45, 7) is 3.97. The third-order valence-electron chi connectivity index (χ3n) is 3.47. The van der Waals surface area contributed by atoms with Gasteiger partial charge in [0, 0.05) is 16.2 Å². The minimum atomic E-state index is -0.650. The Bertz CT molecular complexity index is 780. The van der Waals surface area contributed by atoms with Gasteiger partial charge in [0.25, 0.3) is 0 Å². The fourth-order valence-corrected chi connectivity index (χ4v) is 2.32. The van der Waals surface area contributed by atoms with E-state index in [9.17, 15) is 9.59 Å². The normalized spacial score (nSPS) is 11.2. The van der Waals surface area contributed by atoms with Crippen molar-refractivity contribution < 1.29 is 9.59 Å². The molecule has 0 saturated carbocycles. The minimum absolute atomic E-state index is 0.166. The molecular weight excluding hydrogens is 356 g/mol. The Morgan fingerprint density at radius 3 is 2.26 bits per heavy atom. The molecule has 0 bridgehead atoms. The van der Waals surface area contributed by atoms with Crippen molar-refractivity contribution in [2.45, 2.75) is 13.8 Å². The Labute approximate surface area is 143 Å². The van der Waals surface area contributed by atoms with Gasteiger partial charge < -0.3 is 11.1 Å². The first-order valence-electron chi connectivity index (χ1n) is 7.02. The van der Waals surface area contributed by atoms with Crippen molar-refractivity contribution in [1.82, 2.24) is 0 Å². The summed E-state index contributed by atoms with van der Waals surface area (Å²) >= 11 is 3.32. The fourth-order valence-electron chi connectivity index (χ4n) is 2.05. The van der Waals surface area contributed by atoms with Crippen molar-refractivity contribution >= 4 is 39.0 Å². The number of rotatable bonds is 4. The van der Waals surface area contributed by atoms with E-state index < -0.39 is 11.8 Å². The van der Waals surface area contributed by atoms with Crippen molar-refractivity contribution in [3.63, 3.8) is 0 Å². The minimum Gasteiger partial charge on any atom is -0.366 e. The third-order valence-corrected chi connectivity index (χ3v) is 4.00. The van der Waals surface area contributed by atoms with Gasteiger partial charge in [0.05, 0.1) is 5.57 Å². The number of amides is 2. The predicted molar refractivity (Wildman–Crippen MR) is 95.9 cm³/mol. The van der Waals surface area contributed by atoms with Gasteiger partial charge in [0.2, 0.25) is 11.8 Å². The smallest absolute Gasteiger partial charge is 0.249 e. The van der Waals surface area contributed by atoms with E-state index in [0.717, 1.165) is 15.6 Å². The highest BCUT2D eigenvalue weighted by molar-refractivity contribution is 9.10. The van der Waals surface area contributed by atoms with Crippen LogP contribution in [0.1, 0.15) is 16.7 Å². The van der Waals surface area contributed by atoms with E-state index in [2.05, 4.69) is 21.2 Å². The first-order valence-corrected chi connectivity index (χ1v) is 7.82. The lowest BCUT2D eigenvalue weighted by Gasteiger charge is -2.07. The van der Waals surface area contributed by atoms with Crippen LogP contribution < -0.4 is 11.1 Å². The number of carbonyl (C=O) groups excluding carboxylic acids is 2. The molecule has 0 saturated heterocycles. The summed E-state index contributed by atoms with van der Waals surface area (Å²) in [5.41, 5.74) is 9.05. The van der Waals surface area contributed by atoms with Gasteiger partial charge in [0.15, 0.2) is 0 Å². The standard InChI is InChI=1S/C18H17BrN2O2/c1-11-3-8-15(9-12(11)2)21-17(22)10-16(18(20)23)13-4-6-14(19)7-5-13/h3-10H,1-2H3,(H2,20,23)(H,21,22)/b16-10-. The Hall–Kier alpha value is -2.40. The number of hydrogen-bond acceptors (Lipinski definition) is 2. The van der Waals surface area contributed by atoms with Crippen molar-refractivity contribution in [3.8, 4) is 0 Å². The van der Waals surface area contributed by atoms with E-state index in [-0.39, 0.29) is 5.57 Å². The highest BCUT2D eigenvalue weighted by Crippen LogP contribution is 2.19. The van der Waals surface area contributed by atoms with Crippen LogP contribution in [-0.4, -0.2) is 11.8 Å². The molecule has 2 rings (SSSR count). The molecule has 0 aliphatic carbocycles. The lowest BCUT2D eigenvalue weighted by molar-refractivity contribution is -0.114. The van der Waals surface area contributed by atoms with Gasteiger partial charge in [-0.05, 0) is 54.8 Å². The second-order valence-electron chi connectivity index (χ2n) is 5.22. The number of nitrogens with one attached hydrogen (secondary N) is 1. The maximum absolute atomic E-state index is 12.2. The van der Waals surface area contributed by atoms with Crippen molar-refractivity contribution in [3.05, 3.63) is 69.7 Å². The van der Waals surface area contributed by atoms with E-state index in [1.807, 2.05) is 32.0 Å². The van der Waals surface area contributed by atoms with Crippen molar-refractivity contribution in [2.24, 2.45) is 5.73 Å². The van der Waals surface area contributed by atoms with Gasteiger partial charge in [0.1, 0.15) is 0 Å². The summed E-state index contributed by atoms with van der Waals surface area (Å²) in [5.74, 6) is -1.05.